The molecule has 1 aromatic heterocycles. The highest BCUT2D eigenvalue weighted by atomic mass is 16.1. The number of hydrogen-bond acceptors (Lipinski definition) is 3. The molecule has 1 aliphatic heterocycles. The summed E-state index contributed by atoms with van der Waals surface area (Å²) in [6, 6.07) is 8.17. The highest BCUT2D eigenvalue weighted by Gasteiger charge is 2.35. The number of rotatable bonds is 0. The quantitative estimate of drug-likeness (QED) is 0.796. The van der Waals surface area contributed by atoms with Gasteiger partial charge in [-0.2, -0.15) is 0 Å². The van der Waals surface area contributed by atoms with Crippen LogP contribution >= 0.6 is 0 Å². The zero-order valence-corrected chi connectivity index (χ0v) is 12.4. The number of carbonyl (C=O) groups excluding carboxylic acids is 1. The smallest absolute Gasteiger partial charge is 0.161 e. The van der Waals surface area contributed by atoms with Crippen molar-refractivity contribution in [1.82, 2.24) is 4.98 Å². The number of anilines is 1. The molecule has 21 heavy (non-hydrogen) atoms. The van der Waals surface area contributed by atoms with Crippen molar-refractivity contribution in [1.29, 1.82) is 0 Å². The maximum atomic E-state index is 12.5. The number of pyridine rings is 1. The summed E-state index contributed by atoms with van der Waals surface area (Å²) in [4.78, 5) is 16.9. The Morgan fingerprint density at radius 3 is 2.90 bits per heavy atom. The van der Waals surface area contributed by atoms with E-state index in [0.717, 1.165) is 40.7 Å². The van der Waals surface area contributed by atoms with Crippen LogP contribution in [-0.4, -0.2) is 10.8 Å². The summed E-state index contributed by atoms with van der Waals surface area (Å²) >= 11 is 0. The maximum absolute atomic E-state index is 12.5. The predicted octanol–water partition coefficient (Wildman–Crippen LogP) is 3.85. The Balaban J connectivity index is 1.86. The van der Waals surface area contributed by atoms with E-state index in [1.807, 2.05) is 18.3 Å². The molecule has 3 heteroatoms. The van der Waals surface area contributed by atoms with Gasteiger partial charge in [0.15, 0.2) is 5.78 Å². The molecule has 0 bridgehead atoms. The fraction of sp³-hybridized carbons (Fsp3) is 0.333. The van der Waals surface area contributed by atoms with Gasteiger partial charge in [0, 0.05) is 41.4 Å². The van der Waals surface area contributed by atoms with Gasteiger partial charge >= 0.3 is 0 Å². The Kier molecular flexibility index (Phi) is 2.49. The summed E-state index contributed by atoms with van der Waals surface area (Å²) in [6.45, 7) is 4.33. The average Bonchev–Trinajstić information content (AvgIpc) is 2.44. The zero-order chi connectivity index (χ0) is 14.6. The van der Waals surface area contributed by atoms with Crippen molar-refractivity contribution in [3.63, 3.8) is 0 Å². The first-order valence-electron chi connectivity index (χ1n) is 7.42. The van der Waals surface area contributed by atoms with Crippen molar-refractivity contribution >= 4 is 22.4 Å². The first-order valence-corrected chi connectivity index (χ1v) is 7.42. The number of nitrogens with zero attached hydrogens (tertiary/aromatic N) is 1. The van der Waals surface area contributed by atoms with Crippen LogP contribution in [0.4, 0.5) is 5.69 Å². The van der Waals surface area contributed by atoms with Gasteiger partial charge in [0.1, 0.15) is 0 Å². The molecule has 106 valence electrons. The van der Waals surface area contributed by atoms with Crippen LogP contribution in [0.25, 0.3) is 10.9 Å². The Morgan fingerprint density at radius 1 is 1.19 bits per heavy atom. The van der Waals surface area contributed by atoms with Crippen LogP contribution in [0.5, 0.6) is 0 Å². The summed E-state index contributed by atoms with van der Waals surface area (Å²) in [5, 5.41) is 4.65. The highest BCUT2D eigenvalue weighted by molar-refractivity contribution is 6.01. The fourth-order valence-electron chi connectivity index (χ4n) is 3.54. The highest BCUT2D eigenvalue weighted by Crippen LogP contribution is 2.42. The minimum absolute atomic E-state index is 0.0544. The summed E-state index contributed by atoms with van der Waals surface area (Å²) < 4.78 is 0. The zero-order valence-electron chi connectivity index (χ0n) is 12.4. The fourth-order valence-corrected chi connectivity index (χ4v) is 3.54. The van der Waals surface area contributed by atoms with E-state index in [1.165, 1.54) is 5.56 Å². The molecule has 0 saturated heterocycles. The van der Waals surface area contributed by atoms with E-state index in [2.05, 4.69) is 36.3 Å². The molecular formula is C18H18N2O. The molecule has 0 unspecified atom stereocenters. The van der Waals surface area contributed by atoms with Crippen LogP contribution in [-0.2, 0) is 11.2 Å². The molecule has 3 nitrogen and oxygen atoms in total. The van der Waals surface area contributed by atoms with Crippen molar-refractivity contribution in [3.05, 3.63) is 47.3 Å². The van der Waals surface area contributed by atoms with Gasteiger partial charge in [0.2, 0.25) is 0 Å². The molecule has 1 aromatic carbocycles. The Bertz CT molecular complexity index is 802. The first-order chi connectivity index (χ1) is 10.0. The van der Waals surface area contributed by atoms with E-state index >= 15 is 0 Å². The number of aromatic nitrogens is 1. The lowest BCUT2D eigenvalue weighted by molar-refractivity contribution is -0.118. The molecule has 0 amide bonds. The van der Waals surface area contributed by atoms with Gasteiger partial charge in [-0.3, -0.25) is 9.78 Å². The lowest BCUT2D eigenvalue weighted by Crippen LogP contribution is -2.31. The summed E-state index contributed by atoms with van der Waals surface area (Å²) in [5.41, 5.74) is 5.46. The molecule has 1 aliphatic carbocycles. The number of benzene rings is 1. The lowest BCUT2D eigenvalue weighted by atomic mass is 9.73. The second-order valence-corrected chi connectivity index (χ2v) is 6.86. The van der Waals surface area contributed by atoms with Gasteiger partial charge in [-0.1, -0.05) is 19.9 Å². The van der Waals surface area contributed by atoms with Crippen molar-refractivity contribution in [2.75, 3.05) is 5.32 Å². The average molecular weight is 278 g/mol. The van der Waals surface area contributed by atoms with Gasteiger partial charge in [-0.25, -0.2) is 0 Å². The van der Waals surface area contributed by atoms with Crippen molar-refractivity contribution in [3.8, 4) is 0 Å². The van der Waals surface area contributed by atoms with Crippen molar-refractivity contribution in [2.24, 2.45) is 5.41 Å². The Labute approximate surface area is 124 Å². The summed E-state index contributed by atoms with van der Waals surface area (Å²) in [5.74, 6) is 0.292. The molecule has 0 saturated carbocycles. The van der Waals surface area contributed by atoms with Gasteiger partial charge < -0.3 is 5.32 Å². The normalized spacial score (nSPS) is 20.0. The third-order valence-electron chi connectivity index (χ3n) is 4.53. The molecular weight excluding hydrogens is 260 g/mol. The number of hydrogen-bond donors (Lipinski definition) is 1. The topological polar surface area (TPSA) is 42.0 Å². The summed E-state index contributed by atoms with van der Waals surface area (Å²) in [7, 11) is 0. The monoisotopic (exact) mass is 278 g/mol. The second-order valence-electron chi connectivity index (χ2n) is 6.86. The molecule has 4 rings (SSSR count). The molecule has 2 heterocycles. The molecule has 0 fully saturated rings. The third-order valence-corrected chi connectivity index (χ3v) is 4.53. The van der Waals surface area contributed by atoms with Crippen molar-refractivity contribution in [2.45, 2.75) is 33.1 Å². The van der Waals surface area contributed by atoms with Crippen LogP contribution < -0.4 is 5.32 Å². The van der Waals surface area contributed by atoms with E-state index in [4.69, 9.17) is 0 Å². The second kappa shape index (κ2) is 4.17. The molecule has 2 aliphatic rings. The first kappa shape index (κ1) is 12.6. The number of ketones is 1. The van der Waals surface area contributed by atoms with Gasteiger partial charge in [-0.05, 0) is 35.6 Å². The van der Waals surface area contributed by atoms with E-state index in [-0.39, 0.29) is 5.41 Å². The van der Waals surface area contributed by atoms with E-state index in [0.29, 0.717) is 12.2 Å². The molecule has 2 aromatic rings. The van der Waals surface area contributed by atoms with Gasteiger partial charge in [0.25, 0.3) is 0 Å². The van der Waals surface area contributed by atoms with E-state index < -0.39 is 0 Å². The minimum atomic E-state index is 0.0544. The minimum Gasteiger partial charge on any atom is -0.358 e. The number of Topliss-reactive ketones (excluding diaryl/α,β-unsaturated/α-hetero) is 1. The third kappa shape index (κ3) is 1.96. The van der Waals surface area contributed by atoms with Gasteiger partial charge in [-0.15, -0.1) is 0 Å². The van der Waals surface area contributed by atoms with Crippen LogP contribution in [0, 0.1) is 5.41 Å². The van der Waals surface area contributed by atoms with E-state index in [9.17, 15) is 4.79 Å². The standard InChI is InChI=1S/C18H18N2O/c1-18(2)9-16-13(17(21)10-18)8-12-11-4-3-7-19-14(11)5-6-15(12)20-16/h3-7,20H,8-10H2,1-2H3. The number of carbonyl (C=O) groups is 1. The van der Waals surface area contributed by atoms with Crippen LogP contribution in [0.3, 0.4) is 0 Å². The van der Waals surface area contributed by atoms with Crippen LogP contribution in [0.15, 0.2) is 41.7 Å². The number of nitrogens with one attached hydrogen (secondary N) is 1. The largest absolute Gasteiger partial charge is 0.358 e. The Morgan fingerprint density at radius 2 is 2.05 bits per heavy atom. The molecule has 0 spiro atoms. The SMILES string of the molecule is CC1(C)CC(=O)C2=C(C1)Nc1ccc3ncccc3c1C2. The number of fused-ring (bicyclic) bond motifs is 3. The molecule has 0 atom stereocenters. The number of allylic oxidation sites excluding steroid dienone is 2. The molecule has 0 radical (unpaired) electrons. The lowest BCUT2D eigenvalue weighted by Gasteiger charge is -2.36. The van der Waals surface area contributed by atoms with Gasteiger partial charge in [0.05, 0.1) is 5.52 Å². The van der Waals surface area contributed by atoms with Crippen molar-refractivity contribution < 1.29 is 4.79 Å². The van der Waals surface area contributed by atoms with Crippen LogP contribution in [0.2, 0.25) is 0 Å². The predicted molar refractivity (Wildman–Crippen MR) is 84.1 cm³/mol. The Hall–Kier alpha value is -2.16. The molecule has 1 N–H and O–H groups in total. The van der Waals surface area contributed by atoms with Crippen LogP contribution in [0.1, 0.15) is 32.3 Å². The van der Waals surface area contributed by atoms with E-state index in [1.54, 1.807) is 0 Å². The maximum Gasteiger partial charge on any atom is 0.161 e. The summed E-state index contributed by atoms with van der Waals surface area (Å²) in [6.07, 6.45) is 4.13.